The molecule has 1 N–H and O–H groups in total. The molecule has 0 bridgehead atoms. The van der Waals surface area contributed by atoms with Crippen LogP contribution in [0.15, 0.2) is 4.99 Å². The van der Waals surface area contributed by atoms with Crippen molar-refractivity contribution in [3.63, 3.8) is 0 Å². The summed E-state index contributed by atoms with van der Waals surface area (Å²) in [4.78, 5) is 25.3. The Morgan fingerprint density at radius 3 is 2.79 bits per heavy atom. The Labute approximate surface area is 119 Å². The summed E-state index contributed by atoms with van der Waals surface area (Å²) in [5, 5.41) is 9.10. The number of carboxylic acid groups (broad SMARTS) is 1. The van der Waals surface area contributed by atoms with Crippen molar-refractivity contribution in [1.82, 2.24) is 0 Å². The predicted molar refractivity (Wildman–Crippen MR) is 78.8 cm³/mol. The topological polar surface area (TPSA) is 66.7 Å². The molecule has 1 heterocycles. The molecule has 108 valence electrons. The van der Waals surface area contributed by atoms with Gasteiger partial charge in [-0.25, -0.2) is 4.99 Å². The van der Waals surface area contributed by atoms with Crippen molar-refractivity contribution < 1.29 is 14.7 Å². The van der Waals surface area contributed by atoms with Crippen LogP contribution >= 0.6 is 11.8 Å². The fourth-order valence-corrected chi connectivity index (χ4v) is 3.85. The molecule has 5 heteroatoms. The Morgan fingerprint density at radius 2 is 2.16 bits per heavy atom. The van der Waals surface area contributed by atoms with Crippen LogP contribution < -0.4 is 0 Å². The van der Waals surface area contributed by atoms with Crippen LogP contribution in [0.4, 0.5) is 0 Å². The lowest BCUT2D eigenvalue weighted by Gasteiger charge is -2.32. The van der Waals surface area contributed by atoms with Gasteiger partial charge in [0.25, 0.3) is 0 Å². The third-order valence-electron chi connectivity index (χ3n) is 3.32. The summed E-state index contributed by atoms with van der Waals surface area (Å²) in [6, 6.07) is 0. The molecule has 0 unspecified atom stereocenters. The van der Waals surface area contributed by atoms with Crippen LogP contribution in [0.1, 0.15) is 46.0 Å². The van der Waals surface area contributed by atoms with Gasteiger partial charge in [-0.2, -0.15) is 11.8 Å². The molecule has 0 aromatic carbocycles. The van der Waals surface area contributed by atoms with Gasteiger partial charge < -0.3 is 5.11 Å². The van der Waals surface area contributed by atoms with Gasteiger partial charge in [-0.3, -0.25) is 9.59 Å². The van der Waals surface area contributed by atoms with Crippen molar-refractivity contribution in [2.45, 2.75) is 51.2 Å². The average Bonchev–Trinajstić information content (AvgIpc) is 2.33. The van der Waals surface area contributed by atoms with Gasteiger partial charge in [0.1, 0.15) is 0 Å². The lowest BCUT2D eigenvalue weighted by Crippen LogP contribution is -2.28. The number of thioether (sulfide) groups is 1. The minimum atomic E-state index is -0.723. The summed E-state index contributed by atoms with van der Waals surface area (Å²) in [5.41, 5.74) is 0. The van der Waals surface area contributed by atoms with Gasteiger partial charge >= 0.3 is 5.97 Å². The molecule has 1 aliphatic heterocycles. The molecule has 0 radical (unpaired) electrons. The monoisotopic (exact) mass is 285 g/mol. The number of nitrogens with zero attached hydrogens (tertiary/aromatic N) is 1. The van der Waals surface area contributed by atoms with Crippen LogP contribution in [-0.2, 0) is 9.59 Å². The summed E-state index contributed by atoms with van der Waals surface area (Å²) in [6.07, 6.45) is 5.82. The highest BCUT2D eigenvalue weighted by atomic mass is 32.2. The molecule has 1 fully saturated rings. The molecular formula is C14H23NO3S. The first-order chi connectivity index (χ1) is 8.99. The maximum atomic E-state index is 10.9. The smallest absolute Gasteiger partial charge is 0.303 e. The van der Waals surface area contributed by atoms with Crippen molar-refractivity contribution >= 4 is 29.9 Å². The Kier molecular flexibility index (Phi) is 7.13. The molecule has 0 spiro atoms. The predicted octanol–water partition coefficient (Wildman–Crippen LogP) is 3.01. The number of amides is 1. The molecule has 0 aliphatic carbocycles. The van der Waals surface area contributed by atoms with Gasteiger partial charge in [-0.05, 0) is 30.9 Å². The second kappa shape index (κ2) is 8.35. The lowest BCUT2D eigenvalue weighted by atomic mass is 9.91. The second-order valence-electron chi connectivity index (χ2n) is 5.31. The van der Waals surface area contributed by atoms with Crippen LogP contribution in [0.2, 0.25) is 0 Å². The number of carbonyl (C=O) groups excluding carboxylic acids is 1. The normalized spacial score (nSPS) is 27.6. The quantitative estimate of drug-likeness (QED) is 0.602. The van der Waals surface area contributed by atoms with Gasteiger partial charge in [-0.1, -0.05) is 13.3 Å². The number of unbranched alkanes of at least 4 members (excludes halogenated alkanes) is 1. The Hall–Kier alpha value is -0.840. The number of rotatable bonds is 6. The first kappa shape index (κ1) is 16.2. The first-order valence-electron chi connectivity index (χ1n) is 6.87. The van der Waals surface area contributed by atoms with E-state index >= 15 is 0 Å². The fourth-order valence-electron chi connectivity index (χ4n) is 2.37. The van der Waals surface area contributed by atoms with E-state index in [-0.39, 0.29) is 12.3 Å². The van der Waals surface area contributed by atoms with E-state index in [9.17, 15) is 9.59 Å². The molecule has 0 saturated carbocycles. The van der Waals surface area contributed by atoms with Crippen LogP contribution in [0, 0.1) is 11.8 Å². The van der Waals surface area contributed by atoms with E-state index in [0.717, 1.165) is 31.4 Å². The average molecular weight is 285 g/mol. The van der Waals surface area contributed by atoms with E-state index < -0.39 is 5.97 Å². The number of aliphatic carboxylic acids is 1. The van der Waals surface area contributed by atoms with Crippen LogP contribution in [-0.4, -0.2) is 34.2 Å². The number of aliphatic imine (C=N–C) groups is 1. The van der Waals surface area contributed by atoms with E-state index in [1.165, 1.54) is 6.92 Å². The van der Waals surface area contributed by atoms with Crippen LogP contribution in [0.3, 0.4) is 0 Å². The van der Waals surface area contributed by atoms with Crippen LogP contribution in [0.25, 0.3) is 0 Å². The van der Waals surface area contributed by atoms with Crippen LogP contribution in [0.5, 0.6) is 0 Å². The molecule has 1 rings (SSSR count). The van der Waals surface area contributed by atoms with Gasteiger partial charge in [0.2, 0.25) is 5.91 Å². The number of carboxylic acids is 1. The largest absolute Gasteiger partial charge is 0.481 e. The fraction of sp³-hybridized carbons (Fsp3) is 0.786. The summed E-state index contributed by atoms with van der Waals surface area (Å²) in [6.45, 7) is 3.69. The molecule has 3 atom stereocenters. The van der Waals surface area contributed by atoms with E-state index in [1.807, 2.05) is 18.0 Å². The van der Waals surface area contributed by atoms with Gasteiger partial charge in [0.05, 0.1) is 0 Å². The van der Waals surface area contributed by atoms with Gasteiger partial charge in [-0.15, -0.1) is 0 Å². The summed E-state index contributed by atoms with van der Waals surface area (Å²) >= 11 is 1.94. The highest BCUT2D eigenvalue weighted by molar-refractivity contribution is 8.00. The second-order valence-corrected chi connectivity index (χ2v) is 6.59. The van der Waals surface area contributed by atoms with Crippen molar-refractivity contribution in [2.24, 2.45) is 16.8 Å². The standard InChI is InChI=1S/C14H23NO3S/c1-10-7-12(8-15-11(2)16)13(19-9-10)5-3-4-6-14(17)18/h8,10,12-13H,3-7,9H2,1-2H3,(H,17,18)/t10-,12-,13+/m0/s1. The van der Waals surface area contributed by atoms with E-state index in [2.05, 4.69) is 11.9 Å². The van der Waals surface area contributed by atoms with Gasteiger partial charge in [0, 0.05) is 30.7 Å². The minimum Gasteiger partial charge on any atom is -0.481 e. The zero-order valence-corrected chi connectivity index (χ0v) is 12.5. The molecule has 4 nitrogen and oxygen atoms in total. The van der Waals surface area contributed by atoms with Gasteiger partial charge in [0.15, 0.2) is 0 Å². The van der Waals surface area contributed by atoms with E-state index in [0.29, 0.717) is 17.1 Å². The lowest BCUT2D eigenvalue weighted by molar-refractivity contribution is -0.137. The zero-order chi connectivity index (χ0) is 14.3. The maximum absolute atomic E-state index is 10.9. The molecule has 0 aromatic rings. The van der Waals surface area contributed by atoms with E-state index in [1.54, 1.807) is 0 Å². The number of hydrogen-bond donors (Lipinski definition) is 1. The van der Waals surface area contributed by atoms with Crippen molar-refractivity contribution in [2.75, 3.05) is 5.75 Å². The molecule has 19 heavy (non-hydrogen) atoms. The van der Waals surface area contributed by atoms with Crippen molar-refractivity contribution in [1.29, 1.82) is 0 Å². The van der Waals surface area contributed by atoms with E-state index in [4.69, 9.17) is 5.11 Å². The molecule has 1 saturated heterocycles. The number of carbonyl (C=O) groups is 2. The minimum absolute atomic E-state index is 0.146. The Morgan fingerprint density at radius 1 is 1.42 bits per heavy atom. The molecule has 1 amide bonds. The molecular weight excluding hydrogens is 262 g/mol. The molecule has 0 aromatic heterocycles. The number of hydrogen-bond acceptors (Lipinski definition) is 3. The van der Waals surface area contributed by atoms with Crippen molar-refractivity contribution in [3.05, 3.63) is 0 Å². The third kappa shape index (κ3) is 6.76. The Balaban J connectivity index is 2.43. The molecule has 1 aliphatic rings. The van der Waals surface area contributed by atoms with Crippen molar-refractivity contribution in [3.8, 4) is 0 Å². The zero-order valence-electron chi connectivity index (χ0n) is 11.7. The Bertz CT molecular complexity index is 344. The SMILES string of the molecule is CC(=O)N=C[C@@H]1C[C@H](C)CS[C@@H]1CCCCC(=O)O. The maximum Gasteiger partial charge on any atom is 0.303 e. The highest BCUT2D eigenvalue weighted by Gasteiger charge is 2.27. The third-order valence-corrected chi connectivity index (χ3v) is 5.10. The first-order valence-corrected chi connectivity index (χ1v) is 7.92. The highest BCUT2D eigenvalue weighted by Crippen LogP contribution is 2.36. The summed E-state index contributed by atoms with van der Waals surface area (Å²) < 4.78 is 0. The summed E-state index contributed by atoms with van der Waals surface area (Å²) in [7, 11) is 0. The summed E-state index contributed by atoms with van der Waals surface area (Å²) in [5.74, 6) is 1.28.